The number of aliphatic hydroxyl groups excluding tert-OH is 1. The van der Waals surface area contributed by atoms with Gasteiger partial charge in [0.1, 0.15) is 0 Å². The Bertz CT molecular complexity index is 529. The lowest BCUT2D eigenvalue weighted by Crippen LogP contribution is -2.03. The quantitative estimate of drug-likeness (QED) is 0.916. The first kappa shape index (κ1) is 13.0. The second-order valence-corrected chi connectivity index (χ2v) is 6.10. The summed E-state index contributed by atoms with van der Waals surface area (Å²) in [6.45, 7) is 1.95. The minimum absolute atomic E-state index is 0.503. The third kappa shape index (κ3) is 3.28. The molecule has 0 saturated heterocycles. The molecule has 0 bridgehead atoms. The van der Waals surface area contributed by atoms with Gasteiger partial charge in [0.15, 0.2) is 0 Å². The summed E-state index contributed by atoms with van der Waals surface area (Å²) in [6, 6.07) is 5.40. The number of thiazole rings is 1. The lowest BCUT2D eigenvalue weighted by atomic mass is 10.1. The van der Waals surface area contributed by atoms with Gasteiger partial charge < -0.3 is 5.11 Å². The highest BCUT2D eigenvalue weighted by molar-refractivity contribution is 9.10. The number of benzene rings is 1. The predicted octanol–water partition coefficient (Wildman–Crippen LogP) is 4.14. The van der Waals surface area contributed by atoms with Crippen LogP contribution in [0.1, 0.15) is 22.4 Å². The van der Waals surface area contributed by atoms with Crippen LogP contribution in [0.4, 0.5) is 0 Å². The van der Waals surface area contributed by atoms with Crippen LogP contribution >= 0.6 is 38.9 Å². The van der Waals surface area contributed by atoms with Gasteiger partial charge in [0, 0.05) is 21.3 Å². The second kappa shape index (κ2) is 5.48. The number of aromatic nitrogens is 1. The normalized spacial score (nSPS) is 12.7. The van der Waals surface area contributed by atoms with Gasteiger partial charge in [-0.1, -0.05) is 27.5 Å². The topological polar surface area (TPSA) is 33.1 Å². The number of hydrogen-bond donors (Lipinski definition) is 1. The molecule has 0 radical (unpaired) electrons. The molecule has 0 aliphatic rings. The summed E-state index contributed by atoms with van der Waals surface area (Å²) in [5, 5.41) is 13.8. The zero-order valence-electron chi connectivity index (χ0n) is 9.15. The molecule has 1 aromatic heterocycles. The number of hydrogen-bond acceptors (Lipinski definition) is 3. The van der Waals surface area contributed by atoms with Gasteiger partial charge in [-0.15, -0.1) is 11.3 Å². The maximum atomic E-state index is 10.2. The Morgan fingerprint density at radius 1 is 1.53 bits per heavy atom. The first-order valence-electron chi connectivity index (χ1n) is 5.10. The third-order valence-corrected chi connectivity index (χ3v) is 4.17. The molecule has 2 rings (SSSR count). The molecule has 0 amide bonds. The standard InChI is InChI=1S/C12H11BrClNOS/c1-7-15-9(6-17-7)5-12(16)10-4-8(14)2-3-11(10)13/h2-4,6,12,16H,5H2,1H3. The summed E-state index contributed by atoms with van der Waals surface area (Å²) < 4.78 is 0.862. The molecular weight excluding hydrogens is 322 g/mol. The van der Waals surface area contributed by atoms with Crippen LogP contribution in [0.15, 0.2) is 28.1 Å². The van der Waals surface area contributed by atoms with Crippen molar-refractivity contribution in [2.45, 2.75) is 19.4 Å². The van der Waals surface area contributed by atoms with E-state index in [1.165, 1.54) is 0 Å². The van der Waals surface area contributed by atoms with Crippen molar-refractivity contribution in [3.63, 3.8) is 0 Å². The zero-order valence-corrected chi connectivity index (χ0v) is 12.3. The molecule has 0 spiro atoms. The van der Waals surface area contributed by atoms with Crippen LogP contribution in [0.2, 0.25) is 5.02 Å². The van der Waals surface area contributed by atoms with E-state index in [0.717, 1.165) is 20.7 Å². The Hall–Kier alpha value is -0.420. The minimum Gasteiger partial charge on any atom is -0.388 e. The summed E-state index contributed by atoms with van der Waals surface area (Å²) >= 11 is 10.9. The first-order valence-corrected chi connectivity index (χ1v) is 7.15. The number of halogens is 2. The van der Waals surface area contributed by atoms with Gasteiger partial charge >= 0.3 is 0 Å². The number of nitrogens with zero attached hydrogens (tertiary/aromatic N) is 1. The summed E-state index contributed by atoms with van der Waals surface area (Å²) in [6.07, 6.45) is -0.0897. The second-order valence-electron chi connectivity index (χ2n) is 3.74. The summed E-state index contributed by atoms with van der Waals surface area (Å²) in [5.41, 5.74) is 1.70. The molecule has 17 heavy (non-hydrogen) atoms. The lowest BCUT2D eigenvalue weighted by Gasteiger charge is -2.12. The van der Waals surface area contributed by atoms with Crippen LogP contribution in [0.25, 0.3) is 0 Å². The highest BCUT2D eigenvalue weighted by Gasteiger charge is 2.14. The fourth-order valence-corrected chi connectivity index (χ4v) is 2.90. The van der Waals surface area contributed by atoms with E-state index in [2.05, 4.69) is 20.9 Å². The predicted molar refractivity (Wildman–Crippen MR) is 74.7 cm³/mol. The Morgan fingerprint density at radius 3 is 2.94 bits per heavy atom. The first-order chi connectivity index (χ1) is 8.06. The third-order valence-electron chi connectivity index (χ3n) is 2.39. The van der Waals surface area contributed by atoms with Gasteiger partial charge in [0.05, 0.1) is 16.8 Å². The van der Waals surface area contributed by atoms with Gasteiger partial charge in [-0.25, -0.2) is 4.98 Å². The van der Waals surface area contributed by atoms with Crippen molar-refractivity contribution in [3.8, 4) is 0 Å². The summed E-state index contributed by atoms with van der Waals surface area (Å²) in [5.74, 6) is 0. The van der Waals surface area contributed by atoms with Crippen molar-refractivity contribution < 1.29 is 5.11 Å². The van der Waals surface area contributed by atoms with Crippen LogP contribution in [0.5, 0.6) is 0 Å². The van der Waals surface area contributed by atoms with E-state index < -0.39 is 6.10 Å². The maximum Gasteiger partial charge on any atom is 0.0897 e. The SMILES string of the molecule is Cc1nc(CC(O)c2cc(Cl)ccc2Br)cs1. The van der Waals surface area contributed by atoms with E-state index in [1.807, 2.05) is 18.4 Å². The summed E-state index contributed by atoms with van der Waals surface area (Å²) in [7, 11) is 0. The van der Waals surface area contributed by atoms with E-state index in [1.54, 1.807) is 23.5 Å². The fraction of sp³-hybridized carbons (Fsp3) is 0.250. The number of aliphatic hydroxyl groups is 1. The number of aryl methyl sites for hydroxylation is 1. The van der Waals surface area contributed by atoms with Crippen LogP contribution in [-0.2, 0) is 6.42 Å². The molecule has 0 fully saturated rings. The molecule has 1 atom stereocenters. The molecule has 1 heterocycles. The van der Waals surface area contributed by atoms with Crippen LogP contribution in [0, 0.1) is 6.92 Å². The van der Waals surface area contributed by atoms with Gasteiger partial charge in [0.2, 0.25) is 0 Å². The molecule has 2 aromatic rings. The largest absolute Gasteiger partial charge is 0.388 e. The van der Waals surface area contributed by atoms with Gasteiger partial charge in [-0.2, -0.15) is 0 Å². The Balaban J connectivity index is 2.19. The highest BCUT2D eigenvalue weighted by atomic mass is 79.9. The van der Waals surface area contributed by atoms with E-state index in [4.69, 9.17) is 11.6 Å². The molecule has 0 aliphatic heterocycles. The van der Waals surface area contributed by atoms with Gasteiger partial charge in [-0.3, -0.25) is 0 Å². The molecule has 1 N–H and O–H groups in total. The summed E-state index contributed by atoms with van der Waals surface area (Å²) in [4.78, 5) is 4.34. The monoisotopic (exact) mass is 331 g/mol. The van der Waals surface area contributed by atoms with Crippen LogP contribution in [0.3, 0.4) is 0 Å². The molecule has 0 aliphatic carbocycles. The van der Waals surface area contributed by atoms with E-state index in [-0.39, 0.29) is 0 Å². The van der Waals surface area contributed by atoms with Crippen molar-refractivity contribution in [1.29, 1.82) is 0 Å². The molecule has 0 saturated carbocycles. The molecule has 5 heteroatoms. The molecule has 2 nitrogen and oxygen atoms in total. The molecule has 90 valence electrons. The Labute approximate surface area is 117 Å². The van der Waals surface area contributed by atoms with Crippen LogP contribution < -0.4 is 0 Å². The molecule has 1 aromatic carbocycles. The lowest BCUT2D eigenvalue weighted by molar-refractivity contribution is 0.176. The van der Waals surface area contributed by atoms with E-state index in [0.29, 0.717) is 11.4 Å². The Morgan fingerprint density at radius 2 is 2.29 bits per heavy atom. The Kier molecular flexibility index (Phi) is 4.20. The van der Waals surface area contributed by atoms with Gasteiger partial charge in [-0.05, 0) is 30.7 Å². The van der Waals surface area contributed by atoms with Gasteiger partial charge in [0.25, 0.3) is 0 Å². The van der Waals surface area contributed by atoms with Crippen LogP contribution in [-0.4, -0.2) is 10.1 Å². The molecule has 1 unspecified atom stereocenters. The number of rotatable bonds is 3. The maximum absolute atomic E-state index is 10.2. The van der Waals surface area contributed by atoms with Crippen molar-refractivity contribution in [1.82, 2.24) is 4.98 Å². The average molecular weight is 333 g/mol. The zero-order chi connectivity index (χ0) is 12.4. The minimum atomic E-state index is -0.593. The van der Waals surface area contributed by atoms with Crippen molar-refractivity contribution >= 4 is 38.9 Å². The smallest absolute Gasteiger partial charge is 0.0897 e. The highest BCUT2D eigenvalue weighted by Crippen LogP contribution is 2.29. The van der Waals surface area contributed by atoms with E-state index in [9.17, 15) is 5.11 Å². The van der Waals surface area contributed by atoms with Crippen molar-refractivity contribution in [2.24, 2.45) is 0 Å². The van der Waals surface area contributed by atoms with Crippen molar-refractivity contribution in [3.05, 3.63) is 49.3 Å². The average Bonchev–Trinajstić information content (AvgIpc) is 2.67. The molecular formula is C12H11BrClNOS. The van der Waals surface area contributed by atoms with Crippen molar-refractivity contribution in [2.75, 3.05) is 0 Å². The fourth-order valence-electron chi connectivity index (χ4n) is 1.58. The van der Waals surface area contributed by atoms with E-state index >= 15 is 0 Å².